The molecule has 0 amide bonds. The first-order valence-corrected chi connectivity index (χ1v) is 7.18. The van der Waals surface area contributed by atoms with Gasteiger partial charge in [-0.3, -0.25) is 0 Å². The van der Waals surface area contributed by atoms with E-state index in [4.69, 9.17) is 17.0 Å². The van der Waals surface area contributed by atoms with Crippen molar-refractivity contribution in [1.82, 2.24) is 10.6 Å². The normalized spacial score (nSPS) is 33.0. The zero-order chi connectivity index (χ0) is 13.1. The monoisotopic (exact) mass is 326 g/mol. The van der Waals surface area contributed by atoms with E-state index in [-0.39, 0.29) is 6.04 Å². The average molecular weight is 327 g/mol. The molecule has 2 bridgehead atoms. The van der Waals surface area contributed by atoms with Gasteiger partial charge in [0.25, 0.3) is 0 Å². The van der Waals surface area contributed by atoms with Crippen LogP contribution in [0.15, 0.2) is 16.6 Å². The lowest BCUT2D eigenvalue weighted by atomic mass is 9.81. The molecule has 2 heterocycles. The van der Waals surface area contributed by atoms with Gasteiger partial charge >= 0.3 is 0 Å². The van der Waals surface area contributed by atoms with Crippen molar-refractivity contribution in [2.45, 2.75) is 32.5 Å². The Hall–Kier alpha value is -0.810. The molecule has 0 radical (unpaired) electrons. The number of fused-ring (bicyclic) bond motifs is 4. The summed E-state index contributed by atoms with van der Waals surface area (Å²) in [6, 6.07) is 4.44. The van der Waals surface area contributed by atoms with Crippen molar-refractivity contribution < 1.29 is 4.74 Å². The minimum absolute atomic E-state index is 0.198. The van der Waals surface area contributed by atoms with Crippen LogP contribution in [0.2, 0.25) is 0 Å². The van der Waals surface area contributed by atoms with Crippen LogP contribution in [0.3, 0.4) is 0 Å². The number of ether oxygens (including phenoxy) is 1. The summed E-state index contributed by atoms with van der Waals surface area (Å²) in [7, 11) is 0. The molecule has 3 nitrogen and oxygen atoms in total. The van der Waals surface area contributed by atoms with Crippen LogP contribution >= 0.6 is 28.1 Å². The Morgan fingerprint density at radius 3 is 2.89 bits per heavy atom. The zero-order valence-electron chi connectivity index (χ0n) is 10.5. The van der Waals surface area contributed by atoms with Gasteiger partial charge in [0.05, 0.1) is 10.5 Å². The van der Waals surface area contributed by atoms with Gasteiger partial charge in [-0.05, 0) is 53.6 Å². The summed E-state index contributed by atoms with van der Waals surface area (Å²) in [4.78, 5) is 0. The number of nitrogens with one attached hydrogen (secondary N) is 2. The molecule has 0 saturated carbocycles. The van der Waals surface area contributed by atoms with Gasteiger partial charge in [0.15, 0.2) is 10.8 Å². The Balaban J connectivity index is 2.20. The highest BCUT2D eigenvalue weighted by Gasteiger charge is 2.49. The van der Waals surface area contributed by atoms with E-state index >= 15 is 0 Å². The molecule has 1 saturated heterocycles. The van der Waals surface area contributed by atoms with E-state index in [0.29, 0.717) is 11.0 Å². The second-order valence-corrected chi connectivity index (χ2v) is 6.50. The lowest BCUT2D eigenvalue weighted by Crippen LogP contribution is -2.67. The van der Waals surface area contributed by atoms with Crippen LogP contribution in [-0.2, 0) is 0 Å². The topological polar surface area (TPSA) is 33.3 Å². The highest BCUT2D eigenvalue weighted by molar-refractivity contribution is 9.10. The summed E-state index contributed by atoms with van der Waals surface area (Å²) in [5, 5.41) is 7.24. The summed E-state index contributed by atoms with van der Waals surface area (Å²) >= 11 is 8.85. The molecule has 3 atom stereocenters. The van der Waals surface area contributed by atoms with Crippen LogP contribution in [0.5, 0.6) is 5.75 Å². The molecule has 1 aromatic rings. The summed E-state index contributed by atoms with van der Waals surface area (Å²) < 4.78 is 7.17. The van der Waals surface area contributed by atoms with Crippen molar-refractivity contribution in [3.63, 3.8) is 0 Å². The van der Waals surface area contributed by atoms with Crippen LogP contribution in [-0.4, -0.2) is 10.8 Å². The van der Waals surface area contributed by atoms with Crippen molar-refractivity contribution in [1.29, 1.82) is 0 Å². The Morgan fingerprint density at radius 1 is 1.44 bits per heavy atom. The molecule has 0 spiro atoms. The van der Waals surface area contributed by atoms with Crippen LogP contribution in [0.1, 0.15) is 31.0 Å². The molecule has 5 heteroatoms. The van der Waals surface area contributed by atoms with E-state index in [9.17, 15) is 0 Å². The summed E-state index contributed by atoms with van der Waals surface area (Å²) in [5.41, 5.74) is 1.94. The number of hydrogen-bond donors (Lipinski definition) is 2. The molecule has 1 aromatic carbocycles. The van der Waals surface area contributed by atoms with Crippen LogP contribution in [0.4, 0.5) is 0 Å². The minimum Gasteiger partial charge on any atom is -0.466 e. The van der Waals surface area contributed by atoms with Crippen molar-refractivity contribution >= 4 is 33.3 Å². The number of halogens is 1. The summed E-state index contributed by atoms with van der Waals surface area (Å²) in [6.07, 6.45) is 0. The van der Waals surface area contributed by atoms with Crippen molar-refractivity contribution in [3.8, 4) is 5.75 Å². The SMILES string of the molecule is Cc1cc(Br)c2c(c1)C1NC(=S)NC(C)(O2)C1C. The van der Waals surface area contributed by atoms with E-state index in [0.717, 1.165) is 10.2 Å². The standard InChI is InChI=1S/C13H15BrN2OS/c1-6-4-8-10-7(2)13(3,16-12(18)15-10)17-11(8)9(14)5-6/h4-5,7,10H,1-3H3,(H2,15,16,18). The van der Waals surface area contributed by atoms with E-state index in [1.54, 1.807) is 0 Å². The largest absolute Gasteiger partial charge is 0.466 e. The summed E-state index contributed by atoms with van der Waals surface area (Å²) in [5.74, 6) is 1.21. The lowest BCUT2D eigenvalue weighted by Gasteiger charge is -2.50. The molecule has 2 aliphatic heterocycles. The van der Waals surface area contributed by atoms with Crippen molar-refractivity contribution in [3.05, 3.63) is 27.7 Å². The fraction of sp³-hybridized carbons (Fsp3) is 0.462. The fourth-order valence-electron chi connectivity index (χ4n) is 2.73. The molecular weight excluding hydrogens is 312 g/mol. The van der Waals surface area contributed by atoms with E-state index in [2.05, 4.69) is 52.5 Å². The molecule has 1 fully saturated rings. The number of aryl methyl sites for hydroxylation is 1. The Bertz CT molecular complexity index is 548. The molecule has 3 unspecified atom stereocenters. The number of benzene rings is 1. The van der Waals surface area contributed by atoms with Gasteiger partial charge in [0.2, 0.25) is 0 Å². The maximum atomic E-state index is 6.17. The molecule has 18 heavy (non-hydrogen) atoms. The zero-order valence-corrected chi connectivity index (χ0v) is 12.9. The van der Waals surface area contributed by atoms with Crippen LogP contribution in [0, 0.1) is 12.8 Å². The third kappa shape index (κ3) is 1.64. The van der Waals surface area contributed by atoms with Gasteiger partial charge < -0.3 is 15.4 Å². The maximum Gasteiger partial charge on any atom is 0.184 e. The Morgan fingerprint density at radius 2 is 2.17 bits per heavy atom. The first kappa shape index (κ1) is 12.2. The van der Waals surface area contributed by atoms with Gasteiger partial charge in [-0.2, -0.15) is 0 Å². The summed E-state index contributed by atoms with van der Waals surface area (Å²) in [6.45, 7) is 6.31. The minimum atomic E-state index is -0.447. The molecule has 3 rings (SSSR count). The van der Waals surface area contributed by atoms with E-state index < -0.39 is 5.72 Å². The van der Waals surface area contributed by atoms with Crippen LogP contribution in [0.25, 0.3) is 0 Å². The lowest BCUT2D eigenvalue weighted by molar-refractivity contribution is -0.0270. The number of hydrogen-bond acceptors (Lipinski definition) is 2. The van der Waals surface area contributed by atoms with Gasteiger partial charge in [-0.1, -0.05) is 13.0 Å². The van der Waals surface area contributed by atoms with Crippen molar-refractivity contribution in [2.75, 3.05) is 0 Å². The van der Waals surface area contributed by atoms with Crippen LogP contribution < -0.4 is 15.4 Å². The van der Waals surface area contributed by atoms with Gasteiger partial charge in [0, 0.05) is 11.5 Å². The first-order chi connectivity index (χ1) is 8.40. The van der Waals surface area contributed by atoms with Gasteiger partial charge in [-0.25, -0.2) is 0 Å². The molecular formula is C13H15BrN2OS. The second-order valence-electron chi connectivity index (χ2n) is 5.24. The van der Waals surface area contributed by atoms with Crippen molar-refractivity contribution in [2.24, 2.45) is 5.92 Å². The van der Waals surface area contributed by atoms with E-state index in [1.165, 1.54) is 11.1 Å². The highest BCUT2D eigenvalue weighted by Crippen LogP contribution is 2.47. The molecule has 96 valence electrons. The molecule has 2 N–H and O–H groups in total. The Kier molecular flexibility index (Phi) is 2.61. The third-order valence-corrected chi connectivity index (χ3v) is 4.69. The third-order valence-electron chi connectivity index (χ3n) is 3.88. The average Bonchev–Trinajstić information content (AvgIpc) is 2.25. The van der Waals surface area contributed by atoms with Gasteiger partial charge in [0.1, 0.15) is 5.75 Å². The highest BCUT2D eigenvalue weighted by atomic mass is 79.9. The molecule has 0 aromatic heterocycles. The molecule has 0 aliphatic carbocycles. The number of thiocarbonyl (C=S) groups is 1. The maximum absolute atomic E-state index is 6.17. The predicted molar refractivity (Wildman–Crippen MR) is 78.7 cm³/mol. The first-order valence-electron chi connectivity index (χ1n) is 5.98. The van der Waals surface area contributed by atoms with Gasteiger partial charge in [-0.15, -0.1) is 0 Å². The predicted octanol–water partition coefficient (Wildman–Crippen LogP) is 3.02. The smallest absolute Gasteiger partial charge is 0.184 e. The molecule has 2 aliphatic rings. The number of rotatable bonds is 0. The fourth-order valence-corrected chi connectivity index (χ4v) is 3.73. The van der Waals surface area contributed by atoms with E-state index in [1.807, 2.05) is 6.92 Å². The second kappa shape index (κ2) is 3.84. The quantitative estimate of drug-likeness (QED) is 0.718. The Labute approximate surface area is 120 Å².